The molecule has 0 saturated carbocycles. The van der Waals surface area contributed by atoms with E-state index in [2.05, 4.69) is 29.2 Å². The third kappa shape index (κ3) is 4.50. The van der Waals surface area contributed by atoms with Gasteiger partial charge in [0.1, 0.15) is 6.61 Å². The van der Waals surface area contributed by atoms with Gasteiger partial charge in [-0.15, -0.1) is 0 Å². The van der Waals surface area contributed by atoms with Crippen LogP contribution < -0.4 is 0 Å². The first-order valence-corrected chi connectivity index (χ1v) is 10.5. The number of ether oxygens (including phenoxy) is 1. The van der Waals surface area contributed by atoms with Crippen LogP contribution >= 0.6 is 0 Å². The molecule has 0 spiro atoms. The summed E-state index contributed by atoms with van der Waals surface area (Å²) in [5.74, 6) is -0.845. The number of carbonyl (C=O) groups excluding carboxylic acids is 1. The van der Waals surface area contributed by atoms with Crippen molar-refractivity contribution in [1.82, 2.24) is 19.6 Å². The Morgan fingerprint density at radius 3 is 2.31 bits per heavy atom. The summed E-state index contributed by atoms with van der Waals surface area (Å²) in [5.41, 5.74) is 5.45. The zero-order chi connectivity index (χ0) is 22.7. The Morgan fingerprint density at radius 1 is 1.06 bits per heavy atom. The Hall–Kier alpha value is -3.65. The number of aliphatic carboxylic acids is 1. The van der Waals surface area contributed by atoms with Gasteiger partial charge in [0.2, 0.25) is 0 Å². The van der Waals surface area contributed by atoms with Crippen molar-refractivity contribution in [2.45, 2.75) is 25.4 Å². The second-order valence-electron chi connectivity index (χ2n) is 7.89. The molecule has 1 heterocycles. The van der Waals surface area contributed by atoms with Crippen LogP contribution in [0, 0.1) is 0 Å². The zero-order valence-electron chi connectivity index (χ0n) is 18.1. The van der Waals surface area contributed by atoms with Gasteiger partial charge in [-0.05, 0) is 22.3 Å². The minimum absolute atomic E-state index is 0.00925. The number of aryl methyl sites for hydroxylation is 1. The standard InChI is InChI=1S/C24H26N4O4/c1-26(13-17-14-28(16-25-17)12-11-23(29)30)27(2)24(31)32-15-22-20-9-5-3-7-18(20)19-8-4-6-10-21(19)22/h3-10,14,16,22H,11-13,15H2,1-2H3,(H,29,30). The van der Waals surface area contributed by atoms with Crippen LogP contribution in [0.1, 0.15) is 29.2 Å². The predicted octanol–water partition coefficient (Wildman–Crippen LogP) is 3.59. The first-order chi connectivity index (χ1) is 15.4. The zero-order valence-corrected chi connectivity index (χ0v) is 18.1. The van der Waals surface area contributed by atoms with E-state index in [0.29, 0.717) is 13.1 Å². The van der Waals surface area contributed by atoms with Gasteiger partial charge in [-0.2, -0.15) is 0 Å². The van der Waals surface area contributed by atoms with E-state index < -0.39 is 12.1 Å². The highest BCUT2D eigenvalue weighted by Crippen LogP contribution is 2.44. The minimum atomic E-state index is -0.854. The number of benzene rings is 2. The highest BCUT2D eigenvalue weighted by molar-refractivity contribution is 5.79. The van der Waals surface area contributed by atoms with Crippen molar-refractivity contribution in [2.24, 2.45) is 0 Å². The molecule has 1 aromatic heterocycles. The average Bonchev–Trinajstić information content (AvgIpc) is 3.37. The molecule has 1 N–H and O–H groups in total. The van der Waals surface area contributed by atoms with E-state index >= 15 is 0 Å². The lowest BCUT2D eigenvalue weighted by Gasteiger charge is -2.27. The molecule has 166 valence electrons. The number of imidazole rings is 1. The summed E-state index contributed by atoms with van der Waals surface area (Å²) in [6.07, 6.45) is 2.97. The molecule has 0 atom stereocenters. The van der Waals surface area contributed by atoms with Crippen LogP contribution in [0.5, 0.6) is 0 Å². The molecule has 32 heavy (non-hydrogen) atoms. The Morgan fingerprint density at radius 2 is 1.69 bits per heavy atom. The molecule has 1 aliphatic carbocycles. The van der Waals surface area contributed by atoms with Gasteiger partial charge in [-0.1, -0.05) is 48.5 Å². The molecule has 0 fully saturated rings. The maximum atomic E-state index is 12.7. The summed E-state index contributed by atoms with van der Waals surface area (Å²) < 4.78 is 7.41. The quantitative estimate of drug-likeness (QED) is 0.545. The normalized spacial score (nSPS) is 12.5. The molecule has 2 aromatic carbocycles. The highest BCUT2D eigenvalue weighted by atomic mass is 16.6. The van der Waals surface area contributed by atoms with Crippen molar-refractivity contribution in [3.8, 4) is 11.1 Å². The highest BCUT2D eigenvalue weighted by Gasteiger charge is 2.29. The molecule has 4 rings (SSSR count). The van der Waals surface area contributed by atoms with Gasteiger partial charge >= 0.3 is 12.1 Å². The third-order valence-electron chi connectivity index (χ3n) is 5.77. The third-order valence-corrected chi connectivity index (χ3v) is 5.77. The summed E-state index contributed by atoms with van der Waals surface area (Å²) in [5, 5.41) is 11.9. The fourth-order valence-electron chi connectivity index (χ4n) is 4.00. The molecule has 1 amide bonds. The Bertz CT molecular complexity index is 1080. The number of carboxylic acids is 1. The van der Waals surface area contributed by atoms with E-state index in [9.17, 15) is 9.59 Å². The lowest BCUT2D eigenvalue weighted by molar-refractivity contribution is -0.137. The van der Waals surface area contributed by atoms with Crippen molar-refractivity contribution < 1.29 is 19.4 Å². The molecular formula is C24H26N4O4. The number of hydrazine groups is 1. The van der Waals surface area contributed by atoms with E-state index in [1.807, 2.05) is 24.3 Å². The number of carbonyl (C=O) groups is 2. The largest absolute Gasteiger partial charge is 0.481 e. The second kappa shape index (κ2) is 9.23. The number of amides is 1. The molecule has 8 heteroatoms. The monoisotopic (exact) mass is 434 g/mol. The Balaban J connectivity index is 1.36. The van der Waals surface area contributed by atoms with Crippen LogP contribution in [0.15, 0.2) is 61.1 Å². The van der Waals surface area contributed by atoms with Crippen LogP contribution in [0.4, 0.5) is 4.79 Å². The summed E-state index contributed by atoms with van der Waals surface area (Å²) >= 11 is 0. The molecule has 1 aliphatic rings. The van der Waals surface area contributed by atoms with Crippen LogP contribution in [-0.4, -0.2) is 57.4 Å². The second-order valence-corrected chi connectivity index (χ2v) is 7.89. The van der Waals surface area contributed by atoms with E-state index in [1.54, 1.807) is 36.2 Å². The van der Waals surface area contributed by atoms with Gasteiger partial charge in [0.25, 0.3) is 0 Å². The fraction of sp³-hybridized carbons (Fsp3) is 0.292. The molecule has 0 unspecified atom stereocenters. The van der Waals surface area contributed by atoms with Gasteiger partial charge < -0.3 is 14.4 Å². The minimum Gasteiger partial charge on any atom is -0.481 e. The predicted molar refractivity (Wildman–Crippen MR) is 119 cm³/mol. The van der Waals surface area contributed by atoms with E-state index in [0.717, 1.165) is 5.69 Å². The molecule has 0 aliphatic heterocycles. The first-order valence-electron chi connectivity index (χ1n) is 10.5. The van der Waals surface area contributed by atoms with Gasteiger partial charge in [-0.25, -0.2) is 19.8 Å². The molecule has 0 bridgehead atoms. The average molecular weight is 434 g/mol. The molecule has 0 saturated heterocycles. The molecule has 8 nitrogen and oxygen atoms in total. The molecule has 3 aromatic rings. The smallest absolute Gasteiger partial charge is 0.424 e. The number of hydrogen-bond acceptors (Lipinski definition) is 5. The van der Waals surface area contributed by atoms with Gasteiger partial charge in [0, 0.05) is 32.8 Å². The summed E-state index contributed by atoms with van der Waals surface area (Å²) in [6.45, 7) is 1.00. The Labute approximate surface area is 186 Å². The van der Waals surface area contributed by atoms with Gasteiger partial charge in [0.05, 0.1) is 25.0 Å². The van der Waals surface area contributed by atoms with Crippen LogP contribution in [0.2, 0.25) is 0 Å². The van der Waals surface area contributed by atoms with Crippen molar-refractivity contribution >= 4 is 12.1 Å². The number of aromatic nitrogens is 2. The number of fused-ring (bicyclic) bond motifs is 3. The maximum absolute atomic E-state index is 12.7. The Kier molecular flexibility index (Phi) is 6.23. The lowest BCUT2D eigenvalue weighted by Crippen LogP contribution is -2.41. The SMILES string of the molecule is CN(Cc1cn(CCC(=O)O)cn1)N(C)C(=O)OCC1c2ccccc2-c2ccccc21. The van der Waals surface area contributed by atoms with E-state index in [4.69, 9.17) is 9.84 Å². The van der Waals surface area contributed by atoms with Crippen LogP contribution in [0.3, 0.4) is 0 Å². The van der Waals surface area contributed by atoms with E-state index in [-0.39, 0.29) is 18.9 Å². The van der Waals surface area contributed by atoms with Crippen LogP contribution in [-0.2, 0) is 22.6 Å². The van der Waals surface area contributed by atoms with Gasteiger partial charge in [0.15, 0.2) is 0 Å². The fourth-order valence-corrected chi connectivity index (χ4v) is 4.00. The summed E-state index contributed by atoms with van der Waals surface area (Å²) in [6, 6.07) is 16.4. The van der Waals surface area contributed by atoms with Crippen LogP contribution in [0.25, 0.3) is 11.1 Å². The van der Waals surface area contributed by atoms with E-state index in [1.165, 1.54) is 27.3 Å². The number of rotatable bonds is 8. The lowest BCUT2D eigenvalue weighted by atomic mass is 9.98. The number of nitrogens with zero attached hydrogens (tertiary/aromatic N) is 4. The maximum Gasteiger partial charge on any atom is 0.424 e. The van der Waals surface area contributed by atoms with Crippen molar-refractivity contribution in [1.29, 1.82) is 0 Å². The topological polar surface area (TPSA) is 87.9 Å². The van der Waals surface area contributed by atoms with Crippen molar-refractivity contribution in [2.75, 3.05) is 20.7 Å². The first kappa shape index (κ1) is 21.6. The summed E-state index contributed by atoms with van der Waals surface area (Å²) in [4.78, 5) is 27.7. The van der Waals surface area contributed by atoms with Gasteiger partial charge in [-0.3, -0.25) is 4.79 Å². The molecule has 0 radical (unpaired) electrons. The summed E-state index contributed by atoms with van der Waals surface area (Å²) in [7, 11) is 3.43. The molecular weight excluding hydrogens is 408 g/mol. The van der Waals surface area contributed by atoms with Crippen molar-refractivity contribution in [3.63, 3.8) is 0 Å². The van der Waals surface area contributed by atoms with Crippen molar-refractivity contribution in [3.05, 3.63) is 77.9 Å². The number of carboxylic acid groups (broad SMARTS) is 1. The number of hydrogen-bond donors (Lipinski definition) is 1.